The van der Waals surface area contributed by atoms with Gasteiger partial charge in [-0.25, -0.2) is 4.39 Å². The second-order valence-corrected chi connectivity index (χ2v) is 12.9. The highest BCUT2D eigenvalue weighted by Gasteiger charge is 2.21. The Morgan fingerprint density at radius 3 is 2.40 bits per heavy atom. The van der Waals surface area contributed by atoms with Gasteiger partial charge >= 0.3 is 0 Å². The molecule has 3 heterocycles. The highest BCUT2D eigenvalue weighted by atomic mass is 19.1. The maximum Gasteiger partial charge on any atom is 0.291 e. The number of hydrogen-bond acceptors (Lipinski definition) is 9. The minimum atomic E-state index is -0.730. The van der Waals surface area contributed by atoms with E-state index in [1.54, 1.807) is 48.7 Å². The van der Waals surface area contributed by atoms with Gasteiger partial charge in [-0.05, 0) is 66.1 Å². The highest BCUT2D eigenvalue weighted by Crippen LogP contribution is 2.34. The van der Waals surface area contributed by atoms with Gasteiger partial charge in [-0.1, -0.05) is 30.3 Å². The molecule has 0 unspecified atom stereocenters. The van der Waals surface area contributed by atoms with Crippen LogP contribution in [0.1, 0.15) is 37.6 Å². The Kier molecular flexibility index (Phi) is 10.6. The van der Waals surface area contributed by atoms with Crippen LogP contribution in [0.5, 0.6) is 11.5 Å². The number of benzene rings is 4. The molecule has 0 spiro atoms. The van der Waals surface area contributed by atoms with E-state index >= 15 is 0 Å². The minimum Gasteiger partial charge on any atom is -0.493 e. The Balaban J connectivity index is 1.06. The van der Waals surface area contributed by atoms with Gasteiger partial charge in [0.2, 0.25) is 0 Å². The standard InChI is InChI=1S/C42H37FN6O6/c1-48-35-13-10-27(18-29(35)22-45-48)24-49(25-28-14-16-44-23-33(28)43)17-15-26-8-11-30(12-9-26)46-41(51)32-19-38(53-2)39(54-3)20-34(32)47-42(52)40-21-36(50)31-6-4-5-7-37(31)55-40/h4-14,16,18-23H,15,17,24-25H2,1-3H3,(H,46,51)(H,47,52). The second kappa shape index (κ2) is 16.0. The number of amides is 2. The van der Waals surface area contributed by atoms with E-state index in [9.17, 15) is 18.8 Å². The number of carbonyl (C=O) groups is 2. The first-order valence-corrected chi connectivity index (χ1v) is 17.4. The smallest absolute Gasteiger partial charge is 0.291 e. The summed E-state index contributed by atoms with van der Waals surface area (Å²) in [6.45, 7) is 1.62. The molecule has 0 saturated carbocycles. The van der Waals surface area contributed by atoms with Gasteiger partial charge in [-0.15, -0.1) is 0 Å². The number of anilines is 2. The monoisotopic (exact) mass is 740 g/mol. The molecule has 12 nitrogen and oxygen atoms in total. The summed E-state index contributed by atoms with van der Waals surface area (Å²) in [4.78, 5) is 45.8. The van der Waals surface area contributed by atoms with Crippen LogP contribution >= 0.6 is 0 Å². The Labute approximate surface area is 315 Å². The Morgan fingerprint density at radius 1 is 0.855 bits per heavy atom. The number of carbonyl (C=O) groups excluding carboxylic acids is 2. The SMILES string of the molecule is COc1cc(NC(=O)c2cc(=O)c3ccccc3o2)c(C(=O)Nc2ccc(CCN(Cc3ccc4c(cnn4C)c3)Cc3ccncc3F)cc2)cc1OC. The number of hydrogen-bond donors (Lipinski definition) is 2. The first-order valence-electron chi connectivity index (χ1n) is 17.4. The molecule has 0 aliphatic carbocycles. The molecule has 2 amide bonds. The summed E-state index contributed by atoms with van der Waals surface area (Å²) < 4.78 is 33.1. The van der Waals surface area contributed by atoms with Crippen molar-refractivity contribution < 1.29 is 27.9 Å². The van der Waals surface area contributed by atoms with E-state index in [-0.39, 0.29) is 45.3 Å². The lowest BCUT2D eigenvalue weighted by Gasteiger charge is -2.23. The number of rotatable bonds is 13. The van der Waals surface area contributed by atoms with Crippen molar-refractivity contribution in [2.24, 2.45) is 7.05 Å². The molecule has 0 bridgehead atoms. The van der Waals surface area contributed by atoms with Crippen LogP contribution < -0.4 is 25.5 Å². The van der Waals surface area contributed by atoms with Crippen LogP contribution in [-0.2, 0) is 26.6 Å². The maximum atomic E-state index is 14.7. The number of fused-ring (bicyclic) bond motifs is 2. The fourth-order valence-corrected chi connectivity index (χ4v) is 6.37. The van der Waals surface area contributed by atoms with Gasteiger partial charge < -0.3 is 24.5 Å². The van der Waals surface area contributed by atoms with E-state index in [2.05, 4.69) is 37.7 Å². The molecule has 0 aliphatic rings. The van der Waals surface area contributed by atoms with Crippen LogP contribution in [0.15, 0.2) is 119 Å². The number of pyridine rings is 1. The number of nitrogens with zero attached hydrogens (tertiary/aromatic N) is 4. The van der Waals surface area contributed by atoms with Gasteiger partial charge in [-0.2, -0.15) is 5.10 Å². The average Bonchev–Trinajstić information content (AvgIpc) is 3.57. The predicted molar refractivity (Wildman–Crippen MR) is 207 cm³/mol. The summed E-state index contributed by atoms with van der Waals surface area (Å²) in [5.74, 6) is -1.29. The Hall–Kier alpha value is -6.86. The topological polar surface area (TPSA) is 141 Å². The molecule has 4 aromatic carbocycles. The molecule has 0 saturated heterocycles. The maximum absolute atomic E-state index is 14.7. The van der Waals surface area contributed by atoms with Crippen LogP contribution in [-0.4, -0.2) is 52.2 Å². The van der Waals surface area contributed by atoms with Crippen molar-refractivity contribution in [1.82, 2.24) is 19.7 Å². The quantitative estimate of drug-likeness (QED) is 0.128. The molecule has 7 rings (SSSR count). The summed E-state index contributed by atoms with van der Waals surface area (Å²) in [6.07, 6.45) is 5.31. The van der Waals surface area contributed by atoms with Crippen molar-refractivity contribution in [3.63, 3.8) is 0 Å². The van der Waals surface area contributed by atoms with E-state index < -0.39 is 11.8 Å². The fraction of sp³-hybridized carbons (Fsp3) is 0.167. The van der Waals surface area contributed by atoms with E-state index in [1.807, 2.05) is 36.1 Å². The molecule has 0 atom stereocenters. The summed E-state index contributed by atoms with van der Waals surface area (Å²) in [7, 11) is 4.78. The van der Waals surface area contributed by atoms with Crippen LogP contribution in [0.3, 0.4) is 0 Å². The Bertz CT molecular complexity index is 2590. The van der Waals surface area contributed by atoms with Crippen LogP contribution in [0.4, 0.5) is 15.8 Å². The Morgan fingerprint density at radius 2 is 1.62 bits per heavy atom. The number of aromatic nitrogens is 3. The summed E-state index contributed by atoms with van der Waals surface area (Å²) >= 11 is 0. The van der Waals surface area contributed by atoms with E-state index in [4.69, 9.17) is 13.9 Å². The molecule has 0 radical (unpaired) electrons. The van der Waals surface area contributed by atoms with Crippen molar-refractivity contribution in [3.05, 3.63) is 154 Å². The van der Waals surface area contributed by atoms with Crippen LogP contribution in [0, 0.1) is 5.82 Å². The third kappa shape index (κ3) is 8.21. The lowest BCUT2D eigenvalue weighted by Crippen LogP contribution is -2.26. The summed E-state index contributed by atoms with van der Waals surface area (Å²) in [5.41, 5.74) is 4.28. The lowest BCUT2D eigenvalue weighted by atomic mass is 10.1. The van der Waals surface area contributed by atoms with Gasteiger partial charge in [0, 0.05) is 61.6 Å². The first kappa shape index (κ1) is 36.5. The fourth-order valence-electron chi connectivity index (χ4n) is 6.37. The van der Waals surface area contributed by atoms with Crippen molar-refractivity contribution >= 4 is 45.1 Å². The number of aryl methyl sites for hydroxylation is 1. The van der Waals surface area contributed by atoms with Crippen molar-refractivity contribution in [2.45, 2.75) is 19.5 Å². The zero-order valence-electron chi connectivity index (χ0n) is 30.3. The van der Waals surface area contributed by atoms with Crippen LogP contribution in [0.2, 0.25) is 0 Å². The number of halogens is 1. The first-order chi connectivity index (χ1) is 26.7. The van der Waals surface area contributed by atoms with Gasteiger partial charge in [0.1, 0.15) is 11.4 Å². The van der Waals surface area contributed by atoms with Crippen molar-refractivity contribution in [1.29, 1.82) is 0 Å². The third-order valence-corrected chi connectivity index (χ3v) is 9.27. The summed E-state index contributed by atoms with van der Waals surface area (Å²) in [5, 5.41) is 11.3. The highest BCUT2D eigenvalue weighted by molar-refractivity contribution is 6.12. The minimum absolute atomic E-state index is 0.0849. The van der Waals surface area contributed by atoms with E-state index in [1.165, 1.54) is 32.5 Å². The molecule has 13 heteroatoms. The zero-order valence-corrected chi connectivity index (χ0v) is 30.3. The van der Waals surface area contributed by atoms with Crippen molar-refractivity contribution in [2.75, 3.05) is 31.4 Å². The van der Waals surface area contributed by atoms with E-state index in [0.717, 1.165) is 28.1 Å². The largest absolute Gasteiger partial charge is 0.493 e. The molecule has 55 heavy (non-hydrogen) atoms. The molecule has 278 valence electrons. The van der Waals surface area contributed by atoms with Crippen molar-refractivity contribution in [3.8, 4) is 11.5 Å². The average molecular weight is 741 g/mol. The number of methoxy groups -OCH3 is 2. The molecular weight excluding hydrogens is 703 g/mol. The number of ether oxygens (including phenoxy) is 2. The molecule has 2 N–H and O–H groups in total. The second-order valence-electron chi connectivity index (χ2n) is 12.9. The van der Waals surface area contributed by atoms with Gasteiger partial charge in [0.15, 0.2) is 22.7 Å². The number of nitrogens with one attached hydrogen (secondary N) is 2. The third-order valence-electron chi connectivity index (χ3n) is 9.27. The van der Waals surface area contributed by atoms with Gasteiger partial charge in [0.05, 0.1) is 48.8 Å². The lowest BCUT2D eigenvalue weighted by molar-refractivity contribution is 0.0997. The normalized spacial score (nSPS) is 11.2. The van der Waals surface area contributed by atoms with Gasteiger partial charge in [0.25, 0.3) is 11.8 Å². The molecule has 3 aromatic heterocycles. The zero-order chi connectivity index (χ0) is 38.5. The number of para-hydroxylation sites is 1. The van der Waals surface area contributed by atoms with Crippen LogP contribution in [0.25, 0.3) is 21.9 Å². The molecule has 7 aromatic rings. The molecule has 0 fully saturated rings. The summed E-state index contributed by atoms with van der Waals surface area (Å²) in [6, 6.07) is 26.0. The van der Waals surface area contributed by atoms with E-state index in [0.29, 0.717) is 42.7 Å². The molecule has 0 aliphatic heterocycles. The predicted octanol–water partition coefficient (Wildman–Crippen LogP) is 6.98. The van der Waals surface area contributed by atoms with Gasteiger partial charge in [-0.3, -0.25) is 28.9 Å². The molecular formula is C42H37FN6O6.